The lowest BCUT2D eigenvalue weighted by Gasteiger charge is -2.46. The highest BCUT2D eigenvalue weighted by Gasteiger charge is 2.49. The number of ether oxygens (including phenoxy) is 2. The fourth-order valence-electron chi connectivity index (χ4n) is 2.35. The zero-order valence-electron chi connectivity index (χ0n) is 14.8. The fourth-order valence-corrected chi connectivity index (χ4v) is 2.35. The number of β-lactam (4-membered cyclic amide) rings is 1. The van der Waals surface area contributed by atoms with Crippen LogP contribution in [0.2, 0.25) is 0 Å². The predicted molar refractivity (Wildman–Crippen MR) is 86.4 cm³/mol. The van der Waals surface area contributed by atoms with Crippen LogP contribution in [0.25, 0.3) is 0 Å². The maximum Gasteiger partial charge on any atom is 0.408 e. The molecule has 0 aromatic carbocycles. The molecular formula is C16H24N2O7. The van der Waals surface area contributed by atoms with Gasteiger partial charge in [-0.1, -0.05) is 6.58 Å². The second-order valence-electron chi connectivity index (χ2n) is 6.77. The molecule has 0 aromatic heterocycles. The van der Waals surface area contributed by atoms with Gasteiger partial charge >= 0.3 is 18.0 Å². The van der Waals surface area contributed by atoms with Gasteiger partial charge in [0.1, 0.15) is 18.2 Å². The quantitative estimate of drug-likeness (QED) is 0.397. The van der Waals surface area contributed by atoms with Gasteiger partial charge in [-0.2, -0.15) is 0 Å². The Labute approximate surface area is 145 Å². The number of allylic oxidation sites excluding steroid dienone is 1. The highest BCUT2D eigenvalue weighted by Crippen LogP contribution is 2.25. The lowest BCUT2D eigenvalue weighted by atomic mass is 9.91. The first-order chi connectivity index (χ1) is 11.4. The van der Waals surface area contributed by atoms with E-state index in [1.54, 1.807) is 20.8 Å². The molecule has 0 saturated carbocycles. The van der Waals surface area contributed by atoms with Crippen molar-refractivity contribution < 1.29 is 33.8 Å². The minimum absolute atomic E-state index is 0.0852. The number of amides is 2. The van der Waals surface area contributed by atoms with E-state index in [9.17, 15) is 19.2 Å². The Balaban J connectivity index is 2.75. The predicted octanol–water partition coefficient (Wildman–Crippen LogP) is 1.03. The van der Waals surface area contributed by atoms with Crippen LogP contribution in [0.3, 0.4) is 0 Å². The van der Waals surface area contributed by atoms with Crippen molar-refractivity contribution in [3.8, 4) is 0 Å². The van der Waals surface area contributed by atoms with Gasteiger partial charge in [0.25, 0.3) is 0 Å². The number of rotatable bonds is 7. The minimum Gasteiger partial charge on any atom is -0.481 e. The van der Waals surface area contributed by atoms with Crippen molar-refractivity contribution in [2.45, 2.75) is 58.2 Å². The van der Waals surface area contributed by atoms with E-state index in [1.807, 2.05) is 0 Å². The van der Waals surface area contributed by atoms with E-state index >= 15 is 0 Å². The van der Waals surface area contributed by atoms with Gasteiger partial charge in [0, 0.05) is 6.42 Å². The summed E-state index contributed by atoms with van der Waals surface area (Å²) in [6.07, 6.45) is -0.909. The van der Waals surface area contributed by atoms with Crippen LogP contribution in [-0.2, 0) is 23.9 Å². The molecular weight excluding hydrogens is 332 g/mol. The van der Waals surface area contributed by atoms with Crippen molar-refractivity contribution in [1.82, 2.24) is 10.2 Å². The van der Waals surface area contributed by atoms with Gasteiger partial charge in [-0.25, -0.2) is 9.59 Å². The number of aliphatic carboxylic acids is 1. The van der Waals surface area contributed by atoms with E-state index in [-0.39, 0.29) is 25.1 Å². The summed E-state index contributed by atoms with van der Waals surface area (Å²) in [5, 5.41) is 11.3. The molecule has 1 unspecified atom stereocenters. The number of likely N-dealkylation sites (tertiary alicyclic amines) is 1. The van der Waals surface area contributed by atoms with Crippen LogP contribution in [0.4, 0.5) is 4.79 Å². The van der Waals surface area contributed by atoms with Crippen molar-refractivity contribution in [2.24, 2.45) is 0 Å². The van der Waals surface area contributed by atoms with Crippen LogP contribution < -0.4 is 5.32 Å². The summed E-state index contributed by atoms with van der Waals surface area (Å²) >= 11 is 0. The average molecular weight is 356 g/mol. The second kappa shape index (κ2) is 8.00. The molecule has 0 spiro atoms. The van der Waals surface area contributed by atoms with Crippen LogP contribution in [0.1, 0.15) is 40.5 Å². The van der Waals surface area contributed by atoms with Crippen molar-refractivity contribution >= 4 is 23.9 Å². The molecule has 1 heterocycles. The fraction of sp³-hybridized carbons (Fsp3) is 0.625. The second-order valence-corrected chi connectivity index (χ2v) is 6.77. The summed E-state index contributed by atoms with van der Waals surface area (Å²) in [5.74, 6) is -2.04. The third-order valence-corrected chi connectivity index (χ3v) is 3.25. The van der Waals surface area contributed by atoms with E-state index < -0.39 is 41.6 Å². The standard InChI is InChI=1S/C16H24N2O7/c1-9(2)24-12(21)8-18-10(6-7-11(19)20)13(14(18)22)17-15(23)25-16(3,4)5/h10,13H,1,6-8H2,2-5H3,(H,17,23)(H,19,20)/t10?,13-/m0/s1. The maximum absolute atomic E-state index is 12.2. The van der Waals surface area contributed by atoms with Crippen LogP contribution in [-0.4, -0.2) is 58.2 Å². The third-order valence-electron chi connectivity index (χ3n) is 3.25. The molecule has 9 nitrogen and oxygen atoms in total. The number of nitrogens with zero attached hydrogens (tertiary/aromatic N) is 1. The van der Waals surface area contributed by atoms with E-state index in [0.717, 1.165) is 0 Å². The molecule has 0 aromatic rings. The third kappa shape index (κ3) is 6.44. The van der Waals surface area contributed by atoms with Gasteiger partial charge in [0.15, 0.2) is 0 Å². The first-order valence-corrected chi connectivity index (χ1v) is 7.78. The van der Waals surface area contributed by atoms with E-state index in [4.69, 9.17) is 14.6 Å². The van der Waals surface area contributed by atoms with Crippen molar-refractivity contribution in [1.29, 1.82) is 0 Å². The van der Waals surface area contributed by atoms with Crippen LogP contribution in [0.5, 0.6) is 0 Å². The van der Waals surface area contributed by atoms with Gasteiger partial charge in [-0.05, 0) is 34.1 Å². The van der Waals surface area contributed by atoms with Crippen LogP contribution >= 0.6 is 0 Å². The van der Waals surface area contributed by atoms with Crippen LogP contribution in [0.15, 0.2) is 12.3 Å². The molecule has 2 N–H and O–H groups in total. The van der Waals surface area contributed by atoms with E-state index in [1.165, 1.54) is 11.8 Å². The Morgan fingerprint density at radius 2 is 1.92 bits per heavy atom. The number of hydrogen-bond donors (Lipinski definition) is 2. The molecule has 1 fully saturated rings. The Kier molecular flexibility index (Phi) is 6.55. The molecule has 0 aliphatic carbocycles. The number of hydrogen-bond acceptors (Lipinski definition) is 6. The summed E-state index contributed by atoms with van der Waals surface area (Å²) in [6, 6.07) is -1.57. The first-order valence-electron chi connectivity index (χ1n) is 7.78. The molecule has 0 radical (unpaired) electrons. The largest absolute Gasteiger partial charge is 0.481 e. The number of carboxylic acid groups (broad SMARTS) is 1. The summed E-state index contributed by atoms with van der Waals surface area (Å²) in [4.78, 5) is 47.7. The molecule has 2 atom stereocenters. The molecule has 1 rings (SSSR count). The highest BCUT2D eigenvalue weighted by molar-refractivity contribution is 5.94. The first kappa shape index (κ1) is 20.5. The monoisotopic (exact) mass is 356 g/mol. The topological polar surface area (TPSA) is 122 Å². The zero-order valence-corrected chi connectivity index (χ0v) is 14.8. The SMILES string of the molecule is C=C(C)OC(=O)CN1C(=O)[C@@H](NC(=O)OC(C)(C)C)C1CCC(=O)O. The lowest BCUT2D eigenvalue weighted by molar-refractivity contribution is -0.160. The Hall–Kier alpha value is -2.58. The summed E-state index contributed by atoms with van der Waals surface area (Å²) in [7, 11) is 0. The number of esters is 1. The molecule has 1 saturated heterocycles. The molecule has 25 heavy (non-hydrogen) atoms. The number of carbonyl (C=O) groups is 4. The van der Waals surface area contributed by atoms with Gasteiger partial charge in [0.05, 0.1) is 11.8 Å². The van der Waals surface area contributed by atoms with Gasteiger partial charge in [-0.3, -0.25) is 9.59 Å². The highest BCUT2D eigenvalue weighted by atomic mass is 16.6. The number of nitrogens with one attached hydrogen (secondary N) is 1. The Morgan fingerprint density at radius 3 is 2.40 bits per heavy atom. The van der Waals surface area contributed by atoms with Gasteiger partial charge < -0.3 is 24.8 Å². The van der Waals surface area contributed by atoms with Gasteiger partial charge in [0.2, 0.25) is 5.91 Å². The van der Waals surface area contributed by atoms with E-state index in [0.29, 0.717) is 0 Å². The average Bonchev–Trinajstić information content (AvgIpc) is 2.41. The molecule has 1 aliphatic heterocycles. The van der Waals surface area contributed by atoms with Crippen molar-refractivity contribution in [3.05, 3.63) is 12.3 Å². The molecule has 140 valence electrons. The van der Waals surface area contributed by atoms with Crippen LogP contribution in [0, 0.1) is 0 Å². The molecule has 2 amide bonds. The minimum atomic E-state index is -1.04. The maximum atomic E-state index is 12.2. The summed E-state index contributed by atoms with van der Waals surface area (Å²) < 4.78 is 9.90. The summed E-state index contributed by atoms with van der Waals surface area (Å²) in [5.41, 5.74) is -0.738. The molecule has 1 aliphatic rings. The number of carboxylic acids is 1. The number of alkyl carbamates (subject to hydrolysis) is 1. The molecule has 0 bridgehead atoms. The van der Waals surface area contributed by atoms with Gasteiger partial charge in [-0.15, -0.1) is 0 Å². The molecule has 9 heteroatoms. The van der Waals surface area contributed by atoms with E-state index in [2.05, 4.69) is 11.9 Å². The zero-order chi connectivity index (χ0) is 19.4. The normalized spacial score (nSPS) is 19.7. The Morgan fingerprint density at radius 1 is 1.32 bits per heavy atom. The Bertz CT molecular complexity index is 580. The number of carbonyl (C=O) groups excluding carboxylic acids is 3. The van der Waals surface area contributed by atoms with Crippen molar-refractivity contribution in [3.63, 3.8) is 0 Å². The summed E-state index contributed by atoms with van der Waals surface area (Å²) in [6.45, 7) is 9.61. The smallest absolute Gasteiger partial charge is 0.408 e. The van der Waals surface area contributed by atoms with Crippen molar-refractivity contribution in [2.75, 3.05) is 6.54 Å². The lowest BCUT2D eigenvalue weighted by Crippen LogP contribution is -2.71.